The van der Waals surface area contributed by atoms with Gasteiger partial charge in [-0.25, -0.2) is 0 Å². The van der Waals surface area contributed by atoms with E-state index in [0.29, 0.717) is 5.41 Å². The Hall–Kier alpha value is -0.0500. The SMILES string of the molecule is CC1(C)CCN(C(=O)C(C)(C)Br)CC1. The number of hydrogen-bond donors (Lipinski definition) is 0. The summed E-state index contributed by atoms with van der Waals surface area (Å²) in [4.78, 5) is 13.9. The highest BCUT2D eigenvalue weighted by molar-refractivity contribution is 9.10. The summed E-state index contributed by atoms with van der Waals surface area (Å²) in [6.07, 6.45) is 2.23. The number of amides is 1. The summed E-state index contributed by atoms with van der Waals surface area (Å²) in [7, 11) is 0. The van der Waals surface area contributed by atoms with Crippen molar-refractivity contribution in [3.63, 3.8) is 0 Å². The van der Waals surface area contributed by atoms with Crippen molar-refractivity contribution in [2.24, 2.45) is 5.41 Å². The number of carbonyl (C=O) groups excluding carboxylic acids is 1. The number of alkyl halides is 1. The topological polar surface area (TPSA) is 20.3 Å². The van der Waals surface area contributed by atoms with E-state index in [1.807, 2.05) is 18.7 Å². The van der Waals surface area contributed by atoms with Gasteiger partial charge in [0.2, 0.25) is 5.91 Å². The summed E-state index contributed by atoms with van der Waals surface area (Å²) in [5.41, 5.74) is 0.410. The van der Waals surface area contributed by atoms with E-state index in [9.17, 15) is 4.79 Å². The number of nitrogens with zero attached hydrogens (tertiary/aromatic N) is 1. The fraction of sp³-hybridized carbons (Fsp3) is 0.909. The molecule has 2 nitrogen and oxygen atoms in total. The van der Waals surface area contributed by atoms with Crippen molar-refractivity contribution in [3.8, 4) is 0 Å². The van der Waals surface area contributed by atoms with Crippen molar-refractivity contribution in [2.45, 2.75) is 44.9 Å². The Balaban J connectivity index is 2.55. The van der Waals surface area contributed by atoms with E-state index in [1.54, 1.807) is 0 Å². The first kappa shape index (κ1) is 12.0. The van der Waals surface area contributed by atoms with Crippen molar-refractivity contribution < 1.29 is 4.79 Å². The van der Waals surface area contributed by atoms with E-state index in [0.717, 1.165) is 25.9 Å². The molecule has 1 aliphatic heterocycles. The average molecular weight is 262 g/mol. The zero-order chi connectivity index (χ0) is 11.0. The summed E-state index contributed by atoms with van der Waals surface area (Å²) in [6, 6.07) is 0. The van der Waals surface area contributed by atoms with Crippen LogP contribution in [0.4, 0.5) is 0 Å². The predicted molar refractivity (Wildman–Crippen MR) is 62.6 cm³/mol. The van der Waals surface area contributed by atoms with Crippen LogP contribution in [0.5, 0.6) is 0 Å². The Labute approximate surface area is 95.2 Å². The largest absolute Gasteiger partial charge is 0.341 e. The Kier molecular flexibility index (Phi) is 3.30. The van der Waals surface area contributed by atoms with Gasteiger partial charge in [0.25, 0.3) is 0 Å². The second kappa shape index (κ2) is 3.84. The van der Waals surface area contributed by atoms with Crippen LogP contribution in [-0.4, -0.2) is 28.2 Å². The van der Waals surface area contributed by atoms with Gasteiger partial charge in [-0.05, 0) is 32.1 Å². The standard InChI is InChI=1S/C11H20BrNO/c1-10(2)5-7-13(8-6-10)9(14)11(3,4)12/h5-8H2,1-4H3. The lowest BCUT2D eigenvalue weighted by Gasteiger charge is -2.39. The average Bonchev–Trinajstić information content (AvgIpc) is 2.01. The Morgan fingerprint density at radius 1 is 1.29 bits per heavy atom. The lowest BCUT2D eigenvalue weighted by atomic mass is 9.82. The van der Waals surface area contributed by atoms with Gasteiger partial charge in [-0.15, -0.1) is 0 Å². The zero-order valence-corrected chi connectivity index (χ0v) is 11.1. The third-order valence-electron chi connectivity index (χ3n) is 2.91. The zero-order valence-electron chi connectivity index (χ0n) is 9.56. The maximum atomic E-state index is 11.9. The first-order valence-corrected chi connectivity index (χ1v) is 6.00. The van der Waals surface area contributed by atoms with E-state index in [-0.39, 0.29) is 5.91 Å². The van der Waals surface area contributed by atoms with Crippen molar-refractivity contribution in [3.05, 3.63) is 0 Å². The smallest absolute Gasteiger partial charge is 0.238 e. The molecule has 3 heteroatoms. The van der Waals surface area contributed by atoms with Crippen molar-refractivity contribution in [1.29, 1.82) is 0 Å². The van der Waals surface area contributed by atoms with Crippen LogP contribution in [0.15, 0.2) is 0 Å². The summed E-state index contributed by atoms with van der Waals surface area (Å²) in [5, 5.41) is 0. The van der Waals surface area contributed by atoms with E-state index < -0.39 is 4.32 Å². The minimum Gasteiger partial charge on any atom is -0.341 e. The molecule has 0 aliphatic carbocycles. The number of carbonyl (C=O) groups is 1. The molecule has 0 N–H and O–H groups in total. The molecule has 0 atom stereocenters. The van der Waals surface area contributed by atoms with Gasteiger partial charge in [-0.2, -0.15) is 0 Å². The molecule has 0 radical (unpaired) electrons. The molecular weight excluding hydrogens is 242 g/mol. The van der Waals surface area contributed by atoms with Crippen LogP contribution in [0.25, 0.3) is 0 Å². The number of hydrogen-bond acceptors (Lipinski definition) is 1. The number of halogens is 1. The van der Waals surface area contributed by atoms with Gasteiger partial charge in [-0.3, -0.25) is 4.79 Å². The van der Waals surface area contributed by atoms with Gasteiger partial charge < -0.3 is 4.90 Å². The van der Waals surface area contributed by atoms with Crippen molar-refractivity contribution in [1.82, 2.24) is 4.90 Å². The molecule has 1 saturated heterocycles. The lowest BCUT2D eigenvalue weighted by molar-refractivity contribution is -0.134. The van der Waals surface area contributed by atoms with Crippen LogP contribution in [0.3, 0.4) is 0 Å². The van der Waals surface area contributed by atoms with Crippen LogP contribution < -0.4 is 0 Å². The number of likely N-dealkylation sites (tertiary alicyclic amines) is 1. The molecular formula is C11H20BrNO. The molecule has 0 saturated carbocycles. The fourth-order valence-corrected chi connectivity index (χ4v) is 1.94. The van der Waals surface area contributed by atoms with Crippen molar-refractivity contribution in [2.75, 3.05) is 13.1 Å². The second-order valence-corrected chi connectivity index (χ2v) is 7.41. The first-order valence-electron chi connectivity index (χ1n) is 5.21. The molecule has 0 spiro atoms. The minimum atomic E-state index is -0.408. The fourth-order valence-electron chi connectivity index (χ4n) is 1.69. The van der Waals surface area contributed by atoms with E-state index >= 15 is 0 Å². The van der Waals surface area contributed by atoms with E-state index in [4.69, 9.17) is 0 Å². The normalized spacial score (nSPS) is 22.2. The van der Waals surface area contributed by atoms with Gasteiger partial charge >= 0.3 is 0 Å². The first-order chi connectivity index (χ1) is 6.22. The molecule has 14 heavy (non-hydrogen) atoms. The Morgan fingerprint density at radius 3 is 2.07 bits per heavy atom. The van der Waals surface area contributed by atoms with Gasteiger partial charge in [0.15, 0.2) is 0 Å². The molecule has 0 aromatic heterocycles. The summed E-state index contributed by atoms with van der Waals surface area (Å²) in [5.74, 6) is 0.216. The number of rotatable bonds is 1. The van der Waals surface area contributed by atoms with Crippen molar-refractivity contribution >= 4 is 21.8 Å². The number of piperidine rings is 1. The monoisotopic (exact) mass is 261 g/mol. The molecule has 0 bridgehead atoms. The molecule has 1 rings (SSSR count). The summed E-state index contributed by atoms with van der Waals surface area (Å²) < 4.78 is -0.408. The van der Waals surface area contributed by atoms with Crippen LogP contribution in [0, 0.1) is 5.41 Å². The molecule has 0 unspecified atom stereocenters. The van der Waals surface area contributed by atoms with Crippen LogP contribution in [0.2, 0.25) is 0 Å². The van der Waals surface area contributed by atoms with E-state index in [1.165, 1.54) is 0 Å². The Morgan fingerprint density at radius 2 is 1.71 bits per heavy atom. The predicted octanol–water partition coefficient (Wildman–Crippen LogP) is 2.81. The Bertz CT molecular complexity index is 220. The molecule has 1 amide bonds. The molecule has 1 aliphatic rings. The third kappa shape index (κ3) is 2.97. The molecule has 1 heterocycles. The highest BCUT2D eigenvalue weighted by atomic mass is 79.9. The van der Waals surface area contributed by atoms with Crippen LogP contribution in [-0.2, 0) is 4.79 Å². The minimum absolute atomic E-state index is 0.216. The van der Waals surface area contributed by atoms with Gasteiger partial charge in [0.05, 0.1) is 4.32 Å². The summed E-state index contributed by atoms with van der Waals surface area (Å²) >= 11 is 3.42. The van der Waals surface area contributed by atoms with E-state index in [2.05, 4.69) is 29.8 Å². The van der Waals surface area contributed by atoms with Crippen LogP contribution in [0.1, 0.15) is 40.5 Å². The lowest BCUT2D eigenvalue weighted by Crippen LogP contribution is -2.47. The van der Waals surface area contributed by atoms with Gasteiger partial charge in [0, 0.05) is 13.1 Å². The molecule has 0 aromatic carbocycles. The van der Waals surface area contributed by atoms with Gasteiger partial charge in [0.1, 0.15) is 0 Å². The maximum absolute atomic E-state index is 11.9. The molecule has 1 fully saturated rings. The van der Waals surface area contributed by atoms with Crippen LogP contribution >= 0.6 is 15.9 Å². The highest BCUT2D eigenvalue weighted by Crippen LogP contribution is 2.31. The quantitative estimate of drug-likeness (QED) is 0.665. The maximum Gasteiger partial charge on any atom is 0.238 e. The van der Waals surface area contributed by atoms with Gasteiger partial charge in [-0.1, -0.05) is 29.8 Å². The molecule has 0 aromatic rings. The third-order valence-corrected chi connectivity index (χ3v) is 3.25. The summed E-state index contributed by atoms with van der Waals surface area (Å²) in [6.45, 7) is 10.2. The second-order valence-electron chi connectivity index (χ2n) is 5.43. The highest BCUT2D eigenvalue weighted by Gasteiger charge is 2.33. The molecule has 82 valence electrons.